The highest BCUT2D eigenvalue weighted by atomic mass is 79.9. The van der Waals surface area contributed by atoms with Crippen LogP contribution in [0.4, 0.5) is 0 Å². The Morgan fingerprint density at radius 3 is 2.62 bits per heavy atom. The molecular weight excluding hydrogens is 244 g/mol. The highest BCUT2D eigenvalue weighted by molar-refractivity contribution is 9.10. The van der Waals surface area contributed by atoms with Gasteiger partial charge in [-0.25, -0.2) is 0 Å². The highest BCUT2D eigenvalue weighted by Crippen LogP contribution is 2.27. The summed E-state index contributed by atoms with van der Waals surface area (Å²) >= 11 is 5.26. The van der Waals surface area contributed by atoms with E-state index in [1.165, 1.54) is 4.90 Å². The molecule has 2 heteroatoms. The van der Waals surface area contributed by atoms with E-state index < -0.39 is 0 Å². The van der Waals surface area contributed by atoms with Gasteiger partial charge in [-0.15, -0.1) is 0 Å². The van der Waals surface area contributed by atoms with E-state index in [1.807, 2.05) is 6.07 Å². The number of thioether (sulfide) groups is 1. The number of hydrogen-bond donors (Lipinski definition) is 0. The van der Waals surface area contributed by atoms with Crippen molar-refractivity contribution >= 4 is 27.7 Å². The van der Waals surface area contributed by atoms with Gasteiger partial charge in [0.2, 0.25) is 0 Å². The maximum Gasteiger partial charge on any atom is 0.0314 e. The fourth-order valence-electron chi connectivity index (χ4n) is 0.810. The Kier molecular flexibility index (Phi) is 4.60. The van der Waals surface area contributed by atoms with E-state index >= 15 is 0 Å². The van der Waals surface area contributed by atoms with Gasteiger partial charge in [0.05, 0.1) is 0 Å². The Bertz CT molecular complexity index is 292. The molecule has 0 nitrogen and oxygen atoms in total. The van der Waals surface area contributed by atoms with Gasteiger partial charge in [0.15, 0.2) is 0 Å². The second kappa shape index (κ2) is 5.51. The first-order chi connectivity index (χ1) is 6.20. The zero-order chi connectivity index (χ0) is 9.68. The Labute approximate surface area is 92.6 Å². The molecule has 0 aliphatic carbocycles. The predicted molar refractivity (Wildman–Crippen MR) is 64.0 cm³/mol. The van der Waals surface area contributed by atoms with E-state index in [4.69, 9.17) is 0 Å². The predicted octanol–water partition coefficient (Wildman–Crippen LogP) is 4.71. The van der Waals surface area contributed by atoms with Crippen molar-refractivity contribution in [2.24, 2.45) is 5.92 Å². The molecule has 0 atom stereocenters. The SMILES string of the molecule is CC(C)C=CSc1ccccc1Br. The fourth-order valence-corrected chi connectivity index (χ4v) is 2.25. The molecule has 0 saturated carbocycles. The first kappa shape index (κ1) is 10.9. The van der Waals surface area contributed by atoms with Crippen LogP contribution in [0, 0.1) is 5.92 Å². The first-order valence-electron chi connectivity index (χ1n) is 4.28. The molecule has 13 heavy (non-hydrogen) atoms. The second-order valence-electron chi connectivity index (χ2n) is 3.12. The molecule has 0 spiro atoms. The molecule has 0 amide bonds. The summed E-state index contributed by atoms with van der Waals surface area (Å²) in [6.45, 7) is 4.36. The topological polar surface area (TPSA) is 0 Å². The van der Waals surface area contributed by atoms with Gasteiger partial charge in [0, 0.05) is 9.37 Å². The Morgan fingerprint density at radius 2 is 2.00 bits per heavy atom. The van der Waals surface area contributed by atoms with Gasteiger partial charge >= 0.3 is 0 Å². The normalized spacial score (nSPS) is 11.4. The standard InChI is InChI=1S/C11H13BrS/c1-9(2)7-8-13-11-6-4-3-5-10(11)12/h3-9H,1-2H3. The lowest BCUT2D eigenvalue weighted by Gasteiger charge is -1.99. The molecule has 0 aromatic heterocycles. The summed E-state index contributed by atoms with van der Waals surface area (Å²) in [5, 5.41) is 2.14. The van der Waals surface area contributed by atoms with Crippen LogP contribution < -0.4 is 0 Å². The molecule has 0 bridgehead atoms. The van der Waals surface area contributed by atoms with Crippen LogP contribution in [0.25, 0.3) is 0 Å². The summed E-state index contributed by atoms with van der Waals surface area (Å²) in [5.74, 6) is 0.620. The number of benzene rings is 1. The minimum atomic E-state index is 0.620. The number of rotatable bonds is 3. The first-order valence-corrected chi connectivity index (χ1v) is 5.95. The van der Waals surface area contributed by atoms with Gasteiger partial charge in [0.1, 0.15) is 0 Å². The molecule has 0 saturated heterocycles. The fraction of sp³-hybridized carbons (Fsp3) is 0.273. The average Bonchev–Trinajstić information content (AvgIpc) is 2.08. The smallest absolute Gasteiger partial charge is 0.0314 e. The van der Waals surface area contributed by atoms with Crippen LogP contribution in [0.5, 0.6) is 0 Å². The molecular formula is C11H13BrS. The van der Waals surface area contributed by atoms with E-state index in [2.05, 4.69) is 59.5 Å². The molecule has 1 rings (SSSR count). The summed E-state index contributed by atoms with van der Waals surface area (Å²) in [7, 11) is 0. The molecule has 0 fully saturated rings. The van der Waals surface area contributed by atoms with Crippen LogP contribution in [-0.2, 0) is 0 Å². The van der Waals surface area contributed by atoms with Crippen LogP contribution in [0.1, 0.15) is 13.8 Å². The van der Waals surface area contributed by atoms with E-state index in [1.54, 1.807) is 11.8 Å². The van der Waals surface area contributed by atoms with E-state index in [-0.39, 0.29) is 0 Å². The van der Waals surface area contributed by atoms with Crippen molar-refractivity contribution in [2.45, 2.75) is 18.7 Å². The van der Waals surface area contributed by atoms with Crippen molar-refractivity contribution in [3.8, 4) is 0 Å². The van der Waals surface area contributed by atoms with Crippen molar-refractivity contribution in [3.63, 3.8) is 0 Å². The summed E-state index contributed by atoms with van der Waals surface area (Å²) in [6, 6.07) is 8.25. The largest absolute Gasteiger partial charge is 0.0972 e. The number of allylic oxidation sites excluding steroid dienone is 1. The van der Waals surface area contributed by atoms with E-state index in [0.29, 0.717) is 5.92 Å². The van der Waals surface area contributed by atoms with Crippen molar-refractivity contribution in [3.05, 3.63) is 40.2 Å². The second-order valence-corrected chi connectivity index (χ2v) is 4.92. The van der Waals surface area contributed by atoms with Crippen LogP contribution in [0.15, 0.2) is 45.1 Å². The third-order valence-electron chi connectivity index (χ3n) is 1.50. The van der Waals surface area contributed by atoms with E-state index in [9.17, 15) is 0 Å². The highest BCUT2D eigenvalue weighted by Gasteiger charge is 1.95. The number of halogens is 1. The molecule has 0 heterocycles. The van der Waals surface area contributed by atoms with Crippen LogP contribution in [0.2, 0.25) is 0 Å². The third-order valence-corrected chi connectivity index (χ3v) is 3.35. The summed E-state index contributed by atoms with van der Waals surface area (Å²) < 4.78 is 1.16. The lowest BCUT2D eigenvalue weighted by atomic mass is 10.2. The summed E-state index contributed by atoms with van der Waals surface area (Å²) in [4.78, 5) is 1.26. The van der Waals surface area contributed by atoms with Gasteiger partial charge in [0.25, 0.3) is 0 Å². The van der Waals surface area contributed by atoms with E-state index in [0.717, 1.165) is 4.47 Å². The minimum absolute atomic E-state index is 0.620. The van der Waals surface area contributed by atoms with Crippen LogP contribution in [-0.4, -0.2) is 0 Å². The van der Waals surface area contributed by atoms with Crippen molar-refractivity contribution in [2.75, 3.05) is 0 Å². The Balaban J connectivity index is 2.59. The lowest BCUT2D eigenvalue weighted by molar-refractivity contribution is 0.834. The van der Waals surface area contributed by atoms with Gasteiger partial charge in [-0.3, -0.25) is 0 Å². The molecule has 70 valence electrons. The van der Waals surface area contributed by atoms with Crippen molar-refractivity contribution in [1.82, 2.24) is 0 Å². The third kappa shape index (κ3) is 4.01. The Hall–Kier alpha value is -0.210. The molecule has 0 unspecified atom stereocenters. The van der Waals surface area contributed by atoms with Gasteiger partial charge in [-0.05, 0) is 39.4 Å². The zero-order valence-corrected chi connectivity index (χ0v) is 10.2. The maximum absolute atomic E-state index is 3.51. The quantitative estimate of drug-likeness (QED) is 0.706. The molecule has 0 aliphatic rings. The van der Waals surface area contributed by atoms with Gasteiger partial charge in [-0.1, -0.05) is 43.8 Å². The van der Waals surface area contributed by atoms with Gasteiger partial charge < -0.3 is 0 Å². The van der Waals surface area contributed by atoms with Crippen molar-refractivity contribution < 1.29 is 0 Å². The van der Waals surface area contributed by atoms with Crippen molar-refractivity contribution in [1.29, 1.82) is 0 Å². The number of hydrogen-bond acceptors (Lipinski definition) is 1. The van der Waals surface area contributed by atoms with Crippen LogP contribution in [0.3, 0.4) is 0 Å². The minimum Gasteiger partial charge on any atom is -0.0972 e. The Morgan fingerprint density at radius 1 is 1.31 bits per heavy atom. The molecule has 0 aliphatic heterocycles. The van der Waals surface area contributed by atoms with Gasteiger partial charge in [-0.2, -0.15) is 0 Å². The van der Waals surface area contributed by atoms with Crippen LogP contribution >= 0.6 is 27.7 Å². The average molecular weight is 257 g/mol. The monoisotopic (exact) mass is 256 g/mol. The zero-order valence-electron chi connectivity index (χ0n) is 7.83. The molecule has 1 aromatic carbocycles. The maximum atomic E-state index is 3.51. The lowest BCUT2D eigenvalue weighted by Crippen LogP contribution is -1.75. The molecule has 0 N–H and O–H groups in total. The molecule has 0 radical (unpaired) electrons. The summed E-state index contributed by atoms with van der Waals surface area (Å²) in [6.07, 6.45) is 2.20. The summed E-state index contributed by atoms with van der Waals surface area (Å²) in [5.41, 5.74) is 0. The molecule has 1 aromatic rings.